The van der Waals surface area contributed by atoms with Gasteiger partial charge in [-0.25, -0.2) is 14.4 Å². The molecule has 0 unspecified atom stereocenters. The highest BCUT2D eigenvalue weighted by Gasteiger charge is 2.55. The minimum atomic E-state index is -2.13. The molecule has 0 radical (unpaired) electrons. The Hall–Kier alpha value is -2.57. The molecule has 0 spiro atoms. The zero-order valence-electron chi connectivity index (χ0n) is 11.8. The van der Waals surface area contributed by atoms with Crippen LogP contribution in [0.4, 0.5) is 0 Å². The van der Waals surface area contributed by atoms with Crippen LogP contribution in [0.3, 0.4) is 0 Å². The molecule has 0 amide bonds. The molecule has 0 aliphatic carbocycles. The maximum Gasteiger partial charge on any atom is 0.362 e. The van der Waals surface area contributed by atoms with Gasteiger partial charge in [-0.15, -0.1) is 0 Å². The number of ether oxygens (including phenoxy) is 4. The van der Waals surface area contributed by atoms with Crippen molar-refractivity contribution in [2.45, 2.75) is 12.0 Å². The molecule has 0 saturated carbocycles. The molecule has 0 N–H and O–H groups in total. The van der Waals surface area contributed by atoms with Crippen molar-refractivity contribution in [2.75, 3.05) is 21.3 Å². The average molecular weight is 294 g/mol. The first-order valence-electron chi connectivity index (χ1n) is 6.05. The molecule has 0 atom stereocenters. The van der Waals surface area contributed by atoms with E-state index in [1.807, 2.05) is 0 Å². The quantitative estimate of drug-likeness (QED) is 0.455. The number of carbonyl (C=O) groups is 3. The van der Waals surface area contributed by atoms with E-state index in [9.17, 15) is 14.4 Å². The molecular weight excluding hydrogens is 280 g/mol. The van der Waals surface area contributed by atoms with Crippen LogP contribution < -0.4 is 4.74 Å². The van der Waals surface area contributed by atoms with E-state index in [2.05, 4.69) is 9.47 Å². The second-order valence-electron chi connectivity index (χ2n) is 4.40. The molecule has 0 aromatic heterocycles. The predicted molar refractivity (Wildman–Crippen MR) is 68.9 cm³/mol. The van der Waals surface area contributed by atoms with Gasteiger partial charge in [0.25, 0.3) is 0 Å². The van der Waals surface area contributed by atoms with Crippen LogP contribution >= 0.6 is 0 Å². The van der Waals surface area contributed by atoms with Gasteiger partial charge in [0, 0.05) is 6.42 Å². The van der Waals surface area contributed by atoms with Crippen molar-refractivity contribution in [1.82, 2.24) is 0 Å². The second-order valence-corrected chi connectivity index (χ2v) is 4.40. The smallest absolute Gasteiger partial charge is 0.362 e. The average Bonchev–Trinajstić information content (AvgIpc) is 2.52. The standard InChI is InChI=1S/C14H14O7/c1-18-9-4-5-10-8(6-9)7-14(12(16)19-2,13(17)20-3)21-11(10)15/h4-6H,7H2,1-3H3. The summed E-state index contributed by atoms with van der Waals surface area (Å²) in [6.45, 7) is 0. The number of hydrogen-bond acceptors (Lipinski definition) is 7. The van der Waals surface area contributed by atoms with Crippen LogP contribution in [0.1, 0.15) is 15.9 Å². The zero-order chi connectivity index (χ0) is 15.6. The van der Waals surface area contributed by atoms with Crippen LogP contribution in [0.2, 0.25) is 0 Å². The summed E-state index contributed by atoms with van der Waals surface area (Å²) in [6.07, 6.45) is -0.176. The molecule has 21 heavy (non-hydrogen) atoms. The lowest BCUT2D eigenvalue weighted by molar-refractivity contribution is -0.181. The number of carbonyl (C=O) groups excluding carboxylic acids is 3. The Morgan fingerprint density at radius 3 is 2.29 bits per heavy atom. The second kappa shape index (κ2) is 5.43. The fourth-order valence-corrected chi connectivity index (χ4v) is 2.20. The number of esters is 3. The van der Waals surface area contributed by atoms with Crippen LogP contribution in [0, 0.1) is 0 Å². The van der Waals surface area contributed by atoms with E-state index in [4.69, 9.17) is 9.47 Å². The lowest BCUT2D eigenvalue weighted by atomic mass is 9.88. The van der Waals surface area contributed by atoms with Gasteiger partial charge in [0.05, 0.1) is 26.9 Å². The summed E-state index contributed by atoms with van der Waals surface area (Å²) in [5, 5.41) is 0. The molecule has 112 valence electrons. The Balaban J connectivity index is 2.54. The summed E-state index contributed by atoms with van der Waals surface area (Å²) < 4.78 is 19.3. The molecule has 0 saturated heterocycles. The maximum absolute atomic E-state index is 12.1. The molecule has 1 aromatic rings. The number of benzene rings is 1. The van der Waals surface area contributed by atoms with Gasteiger partial charge in [-0.1, -0.05) is 0 Å². The lowest BCUT2D eigenvalue weighted by Gasteiger charge is -2.32. The van der Waals surface area contributed by atoms with Gasteiger partial charge in [0.15, 0.2) is 0 Å². The molecule has 7 heteroatoms. The van der Waals surface area contributed by atoms with Crippen molar-refractivity contribution in [3.8, 4) is 5.75 Å². The van der Waals surface area contributed by atoms with Gasteiger partial charge in [0.1, 0.15) is 5.75 Å². The van der Waals surface area contributed by atoms with E-state index >= 15 is 0 Å². The number of hydrogen-bond donors (Lipinski definition) is 0. The van der Waals surface area contributed by atoms with Crippen molar-refractivity contribution >= 4 is 17.9 Å². The Kier molecular flexibility index (Phi) is 3.84. The Bertz CT molecular complexity index is 589. The number of methoxy groups -OCH3 is 3. The highest BCUT2D eigenvalue weighted by atomic mass is 16.6. The Labute approximate surface area is 120 Å². The van der Waals surface area contributed by atoms with Crippen molar-refractivity contribution in [3.63, 3.8) is 0 Å². The Morgan fingerprint density at radius 1 is 1.14 bits per heavy atom. The summed E-state index contributed by atoms with van der Waals surface area (Å²) in [7, 11) is 3.67. The largest absolute Gasteiger partial charge is 0.497 e. The molecule has 1 aliphatic heterocycles. The first kappa shape index (κ1) is 14.8. The summed E-state index contributed by atoms with van der Waals surface area (Å²) in [5.41, 5.74) is -1.42. The highest BCUT2D eigenvalue weighted by Crippen LogP contribution is 2.32. The van der Waals surface area contributed by atoms with Crippen LogP contribution in [-0.2, 0) is 30.2 Å². The molecule has 1 aliphatic rings. The van der Waals surface area contributed by atoms with Gasteiger partial charge in [-0.3, -0.25) is 0 Å². The summed E-state index contributed by atoms with van der Waals surface area (Å²) in [4.78, 5) is 36.0. The number of rotatable bonds is 3. The van der Waals surface area contributed by atoms with E-state index in [1.165, 1.54) is 13.2 Å². The van der Waals surface area contributed by atoms with Gasteiger partial charge in [0.2, 0.25) is 0 Å². The molecule has 2 rings (SSSR count). The van der Waals surface area contributed by atoms with E-state index in [0.717, 1.165) is 14.2 Å². The van der Waals surface area contributed by atoms with E-state index in [-0.39, 0.29) is 12.0 Å². The van der Waals surface area contributed by atoms with E-state index in [0.29, 0.717) is 11.3 Å². The lowest BCUT2D eigenvalue weighted by Crippen LogP contribution is -2.55. The van der Waals surface area contributed by atoms with Gasteiger partial charge in [-0.2, -0.15) is 0 Å². The highest BCUT2D eigenvalue weighted by molar-refractivity contribution is 6.09. The third-order valence-electron chi connectivity index (χ3n) is 3.27. The van der Waals surface area contributed by atoms with Crippen LogP contribution in [0.15, 0.2) is 18.2 Å². The minimum Gasteiger partial charge on any atom is -0.497 e. The molecule has 1 heterocycles. The summed E-state index contributed by atoms with van der Waals surface area (Å²) >= 11 is 0. The SMILES string of the molecule is COC(=O)C1(C(=O)OC)Cc2cc(OC)ccc2C(=O)O1. The Morgan fingerprint density at radius 2 is 1.76 bits per heavy atom. The predicted octanol–water partition coefficient (Wildman–Crippen LogP) is 0.493. The summed E-state index contributed by atoms with van der Waals surface area (Å²) in [5.74, 6) is -2.28. The van der Waals surface area contributed by atoms with Gasteiger partial charge >= 0.3 is 23.5 Å². The number of cyclic esters (lactones) is 1. The summed E-state index contributed by atoms with van der Waals surface area (Å²) in [6, 6.07) is 4.66. The molecule has 1 aromatic carbocycles. The van der Waals surface area contributed by atoms with Crippen molar-refractivity contribution < 1.29 is 33.3 Å². The normalized spacial score (nSPS) is 15.5. The van der Waals surface area contributed by atoms with Crippen LogP contribution in [0.5, 0.6) is 5.75 Å². The van der Waals surface area contributed by atoms with Crippen molar-refractivity contribution in [1.29, 1.82) is 0 Å². The molecule has 7 nitrogen and oxygen atoms in total. The third-order valence-corrected chi connectivity index (χ3v) is 3.27. The first-order valence-corrected chi connectivity index (χ1v) is 6.05. The molecular formula is C14H14O7. The fourth-order valence-electron chi connectivity index (χ4n) is 2.20. The van der Waals surface area contributed by atoms with E-state index in [1.54, 1.807) is 12.1 Å². The van der Waals surface area contributed by atoms with Gasteiger partial charge in [-0.05, 0) is 23.8 Å². The zero-order valence-corrected chi connectivity index (χ0v) is 11.8. The first-order chi connectivity index (χ1) is 9.98. The number of fused-ring (bicyclic) bond motifs is 1. The fraction of sp³-hybridized carbons (Fsp3) is 0.357. The van der Waals surface area contributed by atoms with Crippen molar-refractivity contribution in [3.05, 3.63) is 29.3 Å². The third kappa shape index (κ3) is 2.31. The van der Waals surface area contributed by atoms with Crippen LogP contribution in [0.25, 0.3) is 0 Å². The van der Waals surface area contributed by atoms with Crippen LogP contribution in [-0.4, -0.2) is 44.8 Å². The van der Waals surface area contributed by atoms with Crippen molar-refractivity contribution in [2.24, 2.45) is 0 Å². The topological polar surface area (TPSA) is 88.1 Å². The maximum atomic E-state index is 12.1. The van der Waals surface area contributed by atoms with E-state index < -0.39 is 23.5 Å². The minimum absolute atomic E-state index is 0.176. The molecule has 0 fully saturated rings. The monoisotopic (exact) mass is 294 g/mol. The van der Waals surface area contributed by atoms with Gasteiger partial charge < -0.3 is 18.9 Å². The molecule has 0 bridgehead atoms.